The molecule has 10 nitrogen and oxygen atoms in total. The lowest BCUT2D eigenvalue weighted by molar-refractivity contribution is -0.168. The predicted molar refractivity (Wildman–Crippen MR) is 452 cm³/mol. The zero-order chi connectivity index (χ0) is 79.7. The van der Waals surface area contributed by atoms with Crippen LogP contribution in [-0.4, -0.2) is 58.9 Å². The van der Waals surface area contributed by atoms with Crippen molar-refractivity contribution in [1.29, 1.82) is 0 Å². The number of hydrogen-bond donors (Lipinski definition) is 0. The number of esters is 5. The molecule has 113 heavy (non-hydrogen) atoms. The molecule has 35 atom stereocenters. The van der Waals surface area contributed by atoms with E-state index in [0.29, 0.717) is 29.6 Å². The van der Waals surface area contributed by atoms with Crippen LogP contribution in [0.3, 0.4) is 0 Å². The van der Waals surface area contributed by atoms with Gasteiger partial charge in [0.25, 0.3) is 0 Å². The third kappa shape index (κ3) is 16.5. The van der Waals surface area contributed by atoms with Crippen molar-refractivity contribution in [3.63, 3.8) is 0 Å². The van der Waals surface area contributed by atoms with Crippen LogP contribution in [0.2, 0.25) is 0 Å². The van der Waals surface area contributed by atoms with E-state index in [1.165, 1.54) is 186 Å². The predicted octanol–water partition coefficient (Wildman–Crippen LogP) is 25.5. The highest BCUT2D eigenvalue weighted by Gasteiger charge is 2.67. The van der Waals surface area contributed by atoms with Crippen molar-refractivity contribution in [2.45, 2.75) is 409 Å². The zero-order valence-electron chi connectivity index (χ0n) is 74.9. The smallest absolute Gasteiger partial charge is 0.309 e. The van der Waals surface area contributed by atoms with Crippen molar-refractivity contribution in [1.82, 2.24) is 0 Å². The molecule has 0 spiro atoms. The van der Waals surface area contributed by atoms with Crippen LogP contribution in [0.5, 0.6) is 0 Å². The molecule has 0 aromatic rings. The average molecular weight is 1570 g/mol. The molecule has 0 saturated heterocycles. The molecule has 0 aliphatic heterocycles. The number of rotatable bonds is 20. The summed E-state index contributed by atoms with van der Waals surface area (Å²) in [7, 11) is 0. The highest BCUT2D eigenvalue weighted by Crippen LogP contribution is 2.71. The number of carbonyl (C=O) groups excluding carboxylic acids is 5. The lowest BCUT2D eigenvalue weighted by atomic mass is 9.70. The van der Waals surface area contributed by atoms with E-state index < -0.39 is 0 Å². The first-order valence-electron chi connectivity index (χ1n) is 50.6. The van der Waals surface area contributed by atoms with Gasteiger partial charge in [0.05, 0.1) is 29.6 Å². The Labute approximate surface area is 689 Å². The lowest BCUT2D eigenvalue weighted by Gasteiger charge is -2.37. The van der Waals surface area contributed by atoms with Crippen LogP contribution in [0.4, 0.5) is 0 Å². The minimum Gasteiger partial charge on any atom is -0.462 e. The highest BCUT2D eigenvalue weighted by atomic mass is 16.6. The molecule has 0 N–H and O–H groups in total. The van der Waals surface area contributed by atoms with Gasteiger partial charge in [-0.25, -0.2) is 0 Å². The summed E-state index contributed by atoms with van der Waals surface area (Å²) in [6.07, 6.45) is 54.1. The molecule has 0 radical (unpaired) electrons. The van der Waals surface area contributed by atoms with Gasteiger partial charge in [0.15, 0.2) is 0 Å². The highest BCUT2D eigenvalue weighted by molar-refractivity contribution is 5.76. The van der Waals surface area contributed by atoms with E-state index in [1.807, 2.05) is 20.8 Å². The van der Waals surface area contributed by atoms with Crippen molar-refractivity contribution >= 4 is 29.8 Å². The lowest BCUT2D eigenvalue weighted by Crippen LogP contribution is -2.39. The Bertz CT molecular complexity index is 3180. The van der Waals surface area contributed by atoms with Crippen molar-refractivity contribution < 1.29 is 47.7 Å². The van der Waals surface area contributed by atoms with E-state index in [0.717, 1.165) is 238 Å². The molecule has 19 aliphatic rings. The molecule has 19 fully saturated rings. The molecular weight excluding hydrogens is 1400 g/mol. The molecule has 35 unspecified atom stereocenters. The van der Waals surface area contributed by atoms with E-state index >= 15 is 0 Å². The second-order valence-electron chi connectivity index (χ2n) is 45.0. The van der Waals surface area contributed by atoms with Crippen LogP contribution >= 0.6 is 0 Å². The largest absolute Gasteiger partial charge is 0.462 e. The van der Waals surface area contributed by atoms with Crippen LogP contribution in [0.15, 0.2) is 0 Å². The summed E-state index contributed by atoms with van der Waals surface area (Å²) >= 11 is 0. The number of ether oxygens (including phenoxy) is 5. The maximum atomic E-state index is 13.1. The second kappa shape index (κ2) is 35.8. The summed E-state index contributed by atoms with van der Waals surface area (Å²) in [4.78, 5) is 64.1. The van der Waals surface area contributed by atoms with E-state index in [-0.39, 0.29) is 88.4 Å². The van der Waals surface area contributed by atoms with Crippen molar-refractivity contribution in [2.75, 3.05) is 0 Å². The first-order valence-corrected chi connectivity index (χ1v) is 50.6. The van der Waals surface area contributed by atoms with Gasteiger partial charge >= 0.3 is 29.8 Å². The van der Waals surface area contributed by atoms with E-state index in [4.69, 9.17) is 23.7 Å². The van der Waals surface area contributed by atoms with E-state index in [2.05, 4.69) is 83.1 Å². The fourth-order valence-corrected chi connectivity index (χ4v) is 34.8. The Morgan fingerprint density at radius 1 is 0.283 bits per heavy atom. The van der Waals surface area contributed by atoms with Crippen LogP contribution in [0, 0.1) is 207 Å². The molecule has 19 rings (SSSR count). The molecule has 10 bridgehead atoms. The molecule has 640 valence electrons. The third-order valence-electron chi connectivity index (χ3n) is 39.2. The van der Waals surface area contributed by atoms with Crippen molar-refractivity contribution in [3.8, 4) is 0 Å². The molecular formula is C103H168O10. The summed E-state index contributed by atoms with van der Waals surface area (Å²) in [5, 5.41) is 0. The standard InChI is InChI=1S/C22H36O2.2C21H34O2.C20H32O2.C19H32O2/c1-4-14-11-15(5-2)20-17-12-16(19(14)20)13-18(17)21(23)24-22(6-3)9-7-8-10-22;1-4-13-10-14(5-2)19-16-11-15(18(13)19)12-17(16)20(22)23-21(3)8-6-7-9-21;1-3-13-10-14(4-2)20-17-11-15(19(13)20)12-18(17)21(22)23-16-8-6-5-7-9-16;1-3-12-9-13(4-2)19-16-10-14(18(12)19)11-17(16)20(21)22-15-7-5-6-8-15;1-6-11-8-12(7-2)17-14-9-13(16(11)17)10-15(14)18(20)21-19(3,4)5/h14-20H,4-13H2,1-3H3;13-19H,4-12H2,1-3H3;13-20H,3-12H2,1-2H3;12-19H,3-11H2,1-2H3;11-17H,6-10H2,1-5H3. The number of hydrogen-bond acceptors (Lipinski definition) is 10. The van der Waals surface area contributed by atoms with Gasteiger partial charge in [-0.15, -0.1) is 0 Å². The fourth-order valence-electron chi connectivity index (χ4n) is 34.8. The number of carbonyl (C=O) groups is 5. The average Bonchev–Trinajstić information content (AvgIpc) is 1.60. The van der Waals surface area contributed by atoms with Crippen molar-refractivity contribution in [2.24, 2.45) is 207 Å². The fraction of sp³-hybridized carbons (Fsp3) is 0.951. The first-order chi connectivity index (χ1) is 54.5. The molecule has 0 aromatic heterocycles. The van der Waals surface area contributed by atoms with Gasteiger partial charge in [-0.1, -0.05) is 147 Å². The minimum absolute atomic E-state index is 0.0863. The van der Waals surface area contributed by atoms with Gasteiger partial charge < -0.3 is 23.7 Å². The van der Waals surface area contributed by atoms with Crippen LogP contribution in [-0.2, 0) is 47.7 Å². The van der Waals surface area contributed by atoms with E-state index in [1.54, 1.807) is 0 Å². The summed E-state index contributed by atoms with van der Waals surface area (Å²) in [6.45, 7) is 34.0. The molecule has 19 aliphatic carbocycles. The van der Waals surface area contributed by atoms with E-state index in [9.17, 15) is 24.0 Å². The van der Waals surface area contributed by atoms with Gasteiger partial charge in [-0.3, -0.25) is 24.0 Å². The van der Waals surface area contributed by atoms with Crippen LogP contribution in [0.25, 0.3) is 0 Å². The Hall–Kier alpha value is -2.65. The van der Waals surface area contributed by atoms with Crippen molar-refractivity contribution in [3.05, 3.63) is 0 Å². The second-order valence-corrected chi connectivity index (χ2v) is 45.0. The Morgan fingerprint density at radius 3 is 0.805 bits per heavy atom. The molecule has 10 heteroatoms. The number of fused-ring (bicyclic) bond motifs is 25. The SMILES string of the molecule is CCC1CC(CC)C2C3CC(CC3C(=O)OC(C)(C)C)C12.CCC1CC(CC)C2C3CC(CC3C(=O)OC3(C)CCCC3)C12.CCC1CC(CC)C2C3CC(CC3C(=O)OC3(CC)CCCC3)C12.CCC1CC(CC)C2C3CC(CC3C(=O)OC3CCCC3)C12.CCC1CC(CC)C2C3CC(CC3C(=O)OC3CCCCC3)C12. The summed E-state index contributed by atoms with van der Waals surface area (Å²) < 4.78 is 29.8. The quantitative estimate of drug-likeness (QED) is 0.0857. The van der Waals surface area contributed by atoms with Gasteiger partial charge in [0, 0.05) is 0 Å². The van der Waals surface area contributed by atoms with Crippen LogP contribution in [0.1, 0.15) is 380 Å². The first kappa shape index (κ1) is 85.3. The van der Waals surface area contributed by atoms with Crippen LogP contribution < -0.4 is 0 Å². The molecule has 0 heterocycles. The van der Waals surface area contributed by atoms with Gasteiger partial charge in [-0.2, -0.15) is 0 Å². The maximum Gasteiger partial charge on any atom is 0.309 e. The third-order valence-corrected chi connectivity index (χ3v) is 39.2. The summed E-state index contributed by atoms with van der Waals surface area (Å²) in [6, 6.07) is 0. The Morgan fingerprint density at radius 2 is 0.531 bits per heavy atom. The molecule has 19 saturated carbocycles. The summed E-state index contributed by atoms with van der Waals surface area (Å²) in [5.41, 5.74) is -0.599. The van der Waals surface area contributed by atoms with Gasteiger partial charge in [0.2, 0.25) is 0 Å². The van der Waals surface area contributed by atoms with Gasteiger partial charge in [-0.05, 0) is 411 Å². The molecule has 0 amide bonds. The Balaban J connectivity index is 0.000000112. The monoisotopic (exact) mass is 1570 g/mol. The Kier molecular flexibility index (Phi) is 27.0. The topological polar surface area (TPSA) is 132 Å². The van der Waals surface area contributed by atoms with Gasteiger partial charge in [0.1, 0.15) is 29.0 Å². The zero-order valence-corrected chi connectivity index (χ0v) is 74.9. The minimum atomic E-state index is -0.343. The summed E-state index contributed by atoms with van der Waals surface area (Å²) in [5.74, 6) is 27.1. The normalized spacial score (nSPS) is 46.1. The maximum absolute atomic E-state index is 13.1. The molecule has 0 aromatic carbocycles.